The van der Waals surface area contributed by atoms with Gasteiger partial charge in [0.05, 0.1) is 21.7 Å². The Balaban J connectivity index is 2.63. The van der Waals surface area contributed by atoms with Crippen LogP contribution in [0.3, 0.4) is 0 Å². The van der Waals surface area contributed by atoms with E-state index in [1.807, 2.05) is 0 Å². The van der Waals surface area contributed by atoms with Crippen molar-refractivity contribution in [3.63, 3.8) is 0 Å². The number of esters is 1. The van der Waals surface area contributed by atoms with Crippen LogP contribution < -0.4 is 0 Å². The van der Waals surface area contributed by atoms with Crippen molar-refractivity contribution in [3.8, 4) is 0 Å². The summed E-state index contributed by atoms with van der Waals surface area (Å²) >= 11 is 1.11. The molecule has 0 fully saturated rings. The molecule has 0 radical (unpaired) electrons. The summed E-state index contributed by atoms with van der Waals surface area (Å²) in [6, 6.07) is 6.32. The van der Waals surface area contributed by atoms with E-state index in [4.69, 9.17) is 4.74 Å². The maximum absolute atomic E-state index is 11.3. The summed E-state index contributed by atoms with van der Waals surface area (Å²) in [6.45, 7) is 3.51. The number of carbonyl (C=O) groups excluding carboxylic acids is 1. The number of ether oxygens (including phenoxy) is 1. The Morgan fingerprint density at radius 1 is 1.47 bits per heavy atom. The molecule has 17 heavy (non-hydrogen) atoms. The van der Waals surface area contributed by atoms with Gasteiger partial charge in [-0.3, -0.25) is 14.9 Å². The number of carbonyl (C=O) groups is 1. The lowest BCUT2D eigenvalue weighted by molar-refractivity contribution is -0.387. The zero-order valence-electron chi connectivity index (χ0n) is 9.58. The van der Waals surface area contributed by atoms with Gasteiger partial charge in [-0.05, 0) is 19.9 Å². The molecule has 0 atom stereocenters. The van der Waals surface area contributed by atoms with Gasteiger partial charge in [0.1, 0.15) is 0 Å². The molecule has 0 saturated carbocycles. The SMILES string of the molecule is CC(C)OC(=O)CSc1ccccc1[N+](=O)[O-]. The minimum Gasteiger partial charge on any atom is -0.462 e. The summed E-state index contributed by atoms with van der Waals surface area (Å²) in [5.41, 5.74) is 0.00912. The van der Waals surface area contributed by atoms with Gasteiger partial charge in [0, 0.05) is 6.07 Å². The highest BCUT2D eigenvalue weighted by Crippen LogP contribution is 2.28. The van der Waals surface area contributed by atoms with Crippen LogP contribution in [0.4, 0.5) is 5.69 Å². The second-order valence-corrected chi connectivity index (χ2v) is 4.57. The third-order valence-electron chi connectivity index (χ3n) is 1.77. The van der Waals surface area contributed by atoms with E-state index in [1.54, 1.807) is 32.0 Å². The standard InChI is InChI=1S/C11H13NO4S/c1-8(2)16-11(13)7-17-10-6-4-3-5-9(10)12(14)15/h3-6,8H,7H2,1-2H3. The summed E-state index contributed by atoms with van der Waals surface area (Å²) in [5, 5.41) is 10.7. The van der Waals surface area contributed by atoms with E-state index in [1.165, 1.54) is 6.07 Å². The number of hydrogen-bond donors (Lipinski definition) is 0. The Morgan fingerprint density at radius 3 is 2.71 bits per heavy atom. The molecule has 0 spiro atoms. The van der Waals surface area contributed by atoms with Crippen LogP contribution in [0.5, 0.6) is 0 Å². The molecule has 0 aromatic heterocycles. The maximum Gasteiger partial charge on any atom is 0.316 e. The second-order valence-electron chi connectivity index (χ2n) is 3.55. The van der Waals surface area contributed by atoms with Crippen LogP contribution >= 0.6 is 11.8 Å². The lowest BCUT2D eigenvalue weighted by Crippen LogP contribution is -2.13. The molecule has 92 valence electrons. The van der Waals surface area contributed by atoms with Gasteiger partial charge in [-0.25, -0.2) is 0 Å². The Kier molecular flexibility index (Phi) is 4.96. The molecule has 0 amide bonds. The fourth-order valence-electron chi connectivity index (χ4n) is 1.16. The van der Waals surface area contributed by atoms with Crippen LogP contribution in [0.1, 0.15) is 13.8 Å². The van der Waals surface area contributed by atoms with Crippen molar-refractivity contribution in [2.24, 2.45) is 0 Å². The van der Waals surface area contributed by atoms with E-state index in [-0.39, 0.29) is 23.5 Å². The van der Waals surface area contributed by atoms with Crippen LogP contribution in [0.2, 0.25) is 0 Å². The number of hydrogen-bond acceptors (Lipinski definition) is 5. The molecule has 5 nitrogen and oxygen atoms in total. The number of nitro groups is 1. The van der Waals surface area contributed by atoms with Gasteiger partial charge >= 0.3 is 5.97 Å². The molecule has 0 aliphatic rings. The normalized spacial score (nSPS) is 10.3. The van der Waals surface area contributed by atoms with Gasteiger partial charge in [0.15, 0.2) is 0 Å². The predicted octanol–water partition coefficient (Wildman–Crippen LogP) is 2.64. The minimum atomic E-state index is -0.462. The lowest BCUT2D eigenvalue weighted by Gasteiger charge is -2.07. The first-order valence-electron chi connectivity index (χ1n) is 5.06. The Labute approximate surface area is 103 Å². The second kappa shape index (κ2) is 6.24. The Morgan fingerprint density at radius 2 is 2.12 bits per heavy atom. The topological polar surface area (TPSA) is 69.4 Å². The van der Waals surface area contributed by atoms with Crippen LogP contribution in [0.25, 0.3) is 0 Å². The highest BCUT2D eigenvalue weighted by Gasteiger charge is 2.14. The molecule has 6 heteroatoms. The summed E-state index contributed by atoms with van der Waals surface area (Å²) in [4.78, 5) is 22.0. The van der Waals surface area contributed by atoms with Crippen molar-refractivity contribution >= 4 is 23.4 Å². The van der Waals surface area contributed by atoms with Crippen molar-refractivity contribution in [1.82, 2.24) is 0 Å². The van der Waals surface area contributed by atoms with Crippen LogP contribution in [0, 0.1) is 10.1 Å². The zero-order valence-corrected chi connectivity index (χ0v) is 10.4. The van der Waals surface area contributed by atoms with Gasteiger partial charge in [-0.15, -0.1) is 11.8 Å². The van der Waals surface area contributed by atoms with Gasteiger partial charge in [-0.1, -0.05) is 12.1 Å². The molecule has 0 bridgehead atoms. The predicted molar refractivity (Wildman–Crippen MR) is 65.0 cm³/mol. The first-order chi connectivity index (χ1) is 8.00. The Bertz CT molecular complexity index is 420. The largest absolute Gasteiger partial charge is 0.462 e. The number of para-hydroxylation sites is 1. The van der Waals surface area contributed by atoms with E-state index < -0.39 is 4.92 Å². The molecule has 0 aliphatic heterocycles. The number of thioether (sulfide) groups is 1. The molecular formula is C11H13NO4S. The molecule has 1 aromatic carbocycles. The van der Waals surface area contributed by atoms with Crippen molar-refractivity contribution in [2.45, 2.75) is 24.8 Å². The molecule has 0 unspecified atom stereocenters. The van der Waals surface area contributed by atoms with Gasteiger partial charge < -0.3 is 4.74 Å². The molecule has 0 aliphatic carbocycles. The Hall–Kier alpha value is -1.56. The average Bonchev–Trinajstić information content (AvgIpc) is 2.25. The van der Waals surface area contributed by atoms with Crippen molar-refractivity contribution in [1.29, 1.82) is 0 Å². The summed E-state index contributed by atoms with van der Waals surface area (Å²) in [7, 11) is 0. The molecule has 0 heterocycles. The highest BCUT2D eigenvalue weighted by atomic mass is 32.2. The summed E-state index contributed by atoms with van der Waals surface area (Å²) in [6.07, 6.45) is -0.172. The summed E-state index contributed by atoms with van der Waals surface area (Å²) < 4.78 is 4.94. The fraction of sp³-hybridized carbons (Fsp3) is 0.364. The van der Waals surface area contributed by atoms with E-state index in [9.17, 15) is 14.9 Å². The molecule has 1 aromatic rings. The van der Waals surface area contributed by atoms with Crippen molar-refractivity contribution in [3.05, 3.63) is 34.4 Å². The van der Waals surface area contributed by atoms with Crippen molar-refractivity contribution < 1.29 is 14.5 Å². The minimum absolute atomic E-state index is 0.00912. The number of nitrogens with zero attached hydrogens (tertiary/aromatic N) is 1. The maximum atomic E-state index is 11.3. The highest BCUT2D eigenvalue weighted by molar-refractivity contribution is 8.00. The molecule has 1 rings (SSSR count). The van der Waals surface area contributed by atoms with E-state index in [0.717, 1.165) is 11.8 Å². The first kappa shape index (κ1) is 13.5. The molecular weight excluding hydrogens is 242 g/mol. The monoisotopic (exact) mass is 255 g/mol. The number of rotatable bonds is 5. The number of nitro benzene ring substituents is 1. The zero-order chi connectivity index (χ0) is 12.8. The smallest absolute Gasteiger partial charge is 0.316 e. The van der Waals surface area contributed by atoms with E-state index >= 15 is 0 Å². The van der Waals surface area contributed by atoms with Crippen LogP contribution in [-0.4, -0.2) is 22.7 Å². The summed E-state index contributed by atoms with van der Waals surface area (Å²) in [5.74, 6) is -0.300. The quantitative estimate of drug-likeness (QED) is 0.350. The fourth-order valence-corrected chi connectivity index (χ4v) is 1.97. The van der Waals surface area contributed by atoms with Crippen LogP contribution in [-0.2, 0) is 9.53 Å². The lowest BCUT2D eigenvalue weighted by atomic mass is 10.3. The van der Waals surface area contributed by atoms with Crippen molar-refractivity contribution in [2.75, 3.05) is 5.75 Å². The van der Waals surface area contributed by atoms with E-state index in [2.05, 4.69) is 0 Å². The first-order valence-corrected chi connectivity index (χ1v) is 6.05. The van der Waals surface area contributed by atoms with Gasteiger partial charge in [0.2, 0.25) is 0 Å². The molecule has 0 saturated heterocycles. The number of benzene rings is 1. The average molecular weight is 255 g/mol. The third kappa shape index (κ3) is 4.44. The van der Waals surface area contributed by atoms with Crippen LogP contribution in [0.15, 0.2) is 29.2 Å². The molecule has 0 N–H and O–H groups in total. The van der Waals surface area contributed by atoms with Gasteiger partial charge in [0.25, 0.3) is 5.69 Å². The van der Waals surface area contributed by atoms with Gasteiger partial charge in [-0.2, -0.15) is 0 Å². The third-order valence-corrected chi connectivity index (χ3v) is 2.81. The van der Waals surface area contributed by atoms with E-state index in [0.29, 0.717) is 4.90 Å².